The van der Waals surface area contributed by atoms with Crippen LogP contribution in [-0.2, 0) is 10.1 Å². The standard InChI is InChI=1S/C17H15N3O6S/c1-2-20-15(21)13-7-6-11(9-14(13)16(20)22)19-17(23)18-10-4-3-5-12(8-10)27(24,25)26/h3-9H,2H2,1H3,(H2,18,19,23)(H,24,25,26). The van der Waals surface area contributed by atoms with Gasteiger partial charge in [0.15, 0.2) is 0 Å². The number of fused-ring (bicyclic) bond motifs is 1. The molecule has 0 fully saturated rings. The topological polar surface area (TPSA) is 133 Å². The molecule has 27 heavy (non-hydrogen) atoms. The van der Waals surface area contributed by atoms with Gasteiger partial charge in [-0.2, -0.15) is 8.42 Å². The van der Waals surface area contributed by atoms with Crippen LogP contribution in [0.2, 0.25) is 0 Å². The van der Waals surface area contributed by atoms with Gasteiger partial charge < -0.3 is 10.6 Å². The van der Waals surface area contributed by atoms with Gasteiger partial charge in [-0.15, -0.1) is 0 Å². The van der Waals surface area contributed by atoms with Crippen LogP contribution in [0.1, 0.15) is 27.6 Å². The Labute approximate surface area is 154 Å². The number of hydrogen-bond acceptors (Lipinski definition) is 5. The second kappa shape index (κ2) is 6.82. The number of imide groups is 1. The van der Waals surface area contributed by atoms with Crippen molar-refractivity contribution in [1.29, 1.82) is 0 Å². The van der Waals surface area contributed by atoms with E-state index in [0.29, 0.717) is 0 Å². The minimum atomic E-state index is -4.39. The first-order chi connectivity index (χ1) is 12.7. The first kappa shape index (κ1) is 18.5. The second-order valence-corrected chi connectivity index (χ2v) is 7.12. The molecule has 140 valence electrons. The van der Waals surface area contributed by atoms with E-state index in [0.717, 1.165) is 11.0 Å². The fourth-order valence-corrected chi connectivity index (χ4v) is 3.21. The van der Waals surface area contributed by atoms with Gasteiger partial charge in [-0.05, 0) is 43.3 Å². The molecule has 3 N–H and O–H groups in total. The van der Waals surface area contributed by atoms with E-state index < -0.39 is 22.1 Å². The van der Waals surface area contributed by atoms with Crippen molar-refractivity contribution >= 4 is 39.3 Å². The molecule has 0 unspecified atom stereocenters. The maximum atomic E-state index is 12.2. The van der Waals surface area contributed by atoms with Gasteiger partial charge in [0, 0.05) is 17.9 Å². The molecule has 0 aromatic heterocycles. The Morgan fingerprint density at radius 3 is 2.26 bits per heavy atom. The molecule has 0 atom stereocenters. The first-order valence-corrected chi connectivity index (χ1v) is 9.30. The Kier molecular flexibility index (Phi) is 4.68. The number of carbonyl (C=O) groups is 3. The van der Waals surface area contributed by atoms with Gasteiger partial charge in [-0.1, -0.05) is 6.07 Å². The summed E-state index contributed by atoms with van der Waals surface area (Å²) in [4.78, 5) is 37.1. The summed E-state index contributed by atoms with van der Waals surface area (Å²) < 4.78 is 31.3. The predicted octanol–water partition coefficient (Wildman–Crippen LogP) is 2.19. The van der Waals surface area contributed by atoms with Crippen molar-refractivity contribution in [2.45, 2.75) is 11.8 Å². The average Bonchev–Trinajstić information content (AvgIpc) is 2.84. The van der Waals surface area contributed by atoms with Gasteiger partial charge in [-0.3, -0.25) is 19.0 Å². The Balaban J connectivity index is 1.76. The first-order valence-electron chi connectivity index (χ1n) is 7.86. The highest BCUT2D eigenvalue weighted by Gasteiger charge is 2.34. The van der Waals surface area contributed by atoms with Gasteiger partial charge in [0.1, 0.15) is 0 Å². The molecule has 1 aliphatic heterocycles. The number of nitrogens with one attached hydrogen (secondary N) is 2. The quantitative estimate of drug-likeness (QED) is 0.542. The molecule has 0 spiro atoms. The van der Waals surface area contributed by atoms with Crippen LogP contribution < -0.4 is 10.6 Å². The molecule has 0 saturated heterocycles. The number of carbonyl (C=O) groups excluding carboxylic acids is 3. The monoisotopic (exact) mass is 389 g/mol. The predicted molar refractivity (Wildman–Crippen MR) is 96.4 cm³/mol. The highest BCUT2D eigenvalue weighted by atomic mass is 32.2. The summed E-state index contributed by atoms with van der Waals surface area (Å²) in [7, 11) is -4.39. The molecular formula is C17H15N3O6S. The Hall–Kier alpha value is -3.24. The summed E-state index contributed by atoms with van der Waals surface area (Å²) in [6.07, 6.45) is 0. The molecule has 0 radical (unpaired) electrons. The van der Waals surface area contributed by atoms with Crippen LogP contribution in [-0.4, -0.2) is 42.3 Å². The van der Waals surface area contributed by atoms with Crippen LogP contribution >= 0.6 is 0 Å². The second-order valence-electron chi connectivity index (χ2n) is 5.70. The lowest BCUT2D eigenvalue weighted by Crippen LogP contribution is -2.29. The molecule has 1 aliphatic rings. The third kappa shape index (κ3) is 3.66. The Bertz CT molecular complexity index is 1060. The number of urea groups is 1. The maximum Gasteiger partial charge on any atom is 0.323 e. The number of nitrogens with zero attached hydrogens (tertiary/aromatic N) is 1. The van der Waals surface area contributed by atoms with Crippen LogP contribution in [0.3, 0.4) is 0 Å². The summed E-state index contributed by atoms with van der Waals surface area (Å²) in [5.74, 6) is -0.807. The smallest absolute Gasteiger partial charge is 0.308 e. The van der Waals surface area contributed by atoms with Crippen LogP contribution in [0.5, 0.6) is 0 Å². The largest absolute Gasteiger partial charge is 0.323 e. The molecule has 0 bridgehead atoms. The van der Waals surface area contributed by atoms with Crippen molar-refractivity contribution in [3.63, 3.8) is 0 Å². The van der Waals surface area contributed by atoms with Crippen molar-refractivity contribution in [2.24, 2.45) is 0 Å². The van der Waals surface area contributed by atoms with Crippen molar-refractivity contribution < 1.29 is 27.4 Å². The highest BCUT2D eigenvalue weighted by Crippen LogP contribution is 2.25. The van der Waals surface area contributed by atoms with Crippen LogP contribution in [0.15, 0.2) is 47.4 Å². The third-order valence-electron chi connectivity index (χ3n) is 3.93. The zero-order chi connectivity index (χ0) is 19.8. The molecule has 2 aromatic carbocycles. The minimum absolute atomic E-state index is 0.146. The number of benzene rings is 2. The summed E-state index contributed by atoms with van der Waals surface area (Å²) in [5.41, 5.74) is 0.908. The lowest BCUT2D eigenvalue weighted by Gasteiger charge is -2.09. The molecule has 2 aromatic rings. The van der Waals surface area contributed by atoms with E-state index >= 15 is 0 Å². The van der Waals surface area contributed by atoms with E-state index in [1.165, 1.54) is 36.4 Å². The van der Waals surface area contributed by atoms with E-state index in [2.05, 4.69) is 10.6 Å². The number of amides is 4. The fraction of sp³-hybridized carbons (Fsp3) is 0.118. The van der Waals surface area contributed by atoms with Gasteiger partial charge in [0.2, 0.25) is 0 Å². The molecule has 9 nitrogen and oxygen atoms in total. The normalized spacial score (nSPS) is 13.5. The van der Waals surface area contributed by atoms with E-state index in [9.17, 15) is 22.8 Å². The van der Waals surface area contributed by atoms with E-state index in [1.54, 1.807) is 6.92 Å². The summed E-state index contributed by atoms with van der Waals surface area (Å²) in [6.45, 7) is 1.94. The number of rotatable bonds is 4. The Morgan fingerprint density at radius 1 is 1.00 bits per heavy atom. The number of anilines is 2. The van der Waals surface area contributed by atoms with Crippen LogP contribution in [0, 0.1) is 0 Å². The summed E-state index contributed by atoms with van der Waals surface area (Å²) in [6, 6.07) is 8.73. The van der Waals surface area contributed by atoms with Crippen LogP contribution in [0.25, 0.3) is 0 Å². The Morgan fingerprint density at radius 2 is 1.63 bits per heavy atom. The van der Waals surface area contributed by atoms with E-state index in [-0.39, 0.29) is 39.8 Å². The zero-order valence-electron chi connectivity index (χ0n) is 14.1. The molecule has 3 rings (SSSR count). The highest BCUT2D eigenvalue weighted by molar-refractivity contribution is 7.85. The van der Waals surface area contributed by atoms with Gasteiger partial charge in [-0.25, -0.2) is 4.79 Å². The minimum Gasteiger partial charge on any atom is -0.308 e. The van der Waals surface area contributed by atoms with Crippen molar-refractivity contribution in [3.05, 3.63) is 53.6 Å². The maximum absolute atomic E-state index is 12.2. The molecule has 0 aliphatic carbocycles. The molecular weight excluding hydrogens is 374 g/mol. The van der Waals surface area contributed by atoms with Crippen molar-refractivity contribution in [1.82, 2.24) is 4.90 Å². The molecule has 1 heterocycles. The average molecular weight is 389 g/mol. The van der Waals surface area contributed by atoms with E-state index in [1.807, 2.05) is 0 Å². The van der Waals surface area contributed by atoms with Gasteiger partial charge >= 0.3 is 6.03 Å². The number of hydrogen-bond donors (Lipinski definition) is 3. The lowest BCUT2D eigenvalue weighted by atomic mass is 10.1. The fourth-order valence-electron chi connectivity index (χ4n) is 2.68. The van der Waals surface area contributed by atoms with Gasteiger partial charge in [0.05, 0.1) is 16.0 Å². The van der Waals surface area contributed by atoms with Gasteiger partial charge in [0.25, 0.3) is 21.9 Å². The summed E-state index contributed by atoms with van der Waals surface area (Å²) >= 11 is 0. The zero-order valence-corrected chi connectivity index (χ0v) is 14.9. The third-order valence-corrected chi connectivity index (χ3v) is 4.78. The molecule has 10 heteroatoms. The summed E-state index contributed by atoms with van der Waals surface area (Å²) in [5, 5.41) is 4.93. The van der Waals surface area contributed by atoms with Crippen molar-refractivity contribution in [3.8, 4) is 0 Å². The van der Waals surface area contributed by atoms with Crippen molar-refractivity contribution in [2.75, 3.05) is 17.2 Å². The van der Waals surface area contributed by atoms with E-state index in [4.69, 9.17) is 4.55 Å². The van der Waals surface area contributed by atoms with Crippen LogP contribution in [0.4, 0.5) is 16.2 Å². The lowest BCUT2D eigenvalue weighted by molar-refractivity contribution is 0.0663. The molecule has 4 amide bonds. The SMILES string of the molecule is CCN1C(=O)c2ccc(NC(=O)Nc3cccc(S(=O)(=O)O)c3)cc2C1=O. The molecule has 0 saturated carbocycles.